The van der Waals surface area contributed by atoms with Crippen LogP contribution in [0.4, 0.5) is 5.69 Å². The lowest BCUT2D eigenvalue weighted by molar-refractivity contribution is -0.135. The van der Waals surface area contributed by atoms with Gasteiger partial charge in [-0.25, -0.2) is 4.79 Å². The van der Waals surface area contributed by atoms with E-state index < -0.39 is 24.4 Å². The molecule has 0 unspecified atom stereocenters. The summed E-state index contributed by atoms with van der Waals surface area (Å²) in [7, 11) is 0. The van der Waals surface area contributed by atoms with Crippen molar-refractivity contribution in [1.29, 1.82) is 0 Å². The number of aliphatic carboxylic acids is 1. The lowest BCUT2D eigenvalue weighted by Gasteiger charge is -2.14. The summed E-state index contributed by atoms with van der Waals surface area (Å²) in [5, 5.41) is 19.0. The van der Waals surface area contributed by atoms with E-state index in [2.05, 4.69) is 0 Å². The van der Waals surface area contributed by atoms with Gasteiger partial charge in [-0.05, 0) is 23.6 Å². The molecule has 0 aliphatic carbocycles. The minimum Gasteiger partial charge on any atom is -0.480 e. The van der Waals surface area contributed by atoms with E-state index in [1.54, 1.807) is 18.2 Å². The van der Waals surface area contributed by atoms with E-state index in [1.807, 2.05) is 0 Å². The van der Waals surface area contributed by atoms with Gasteiger partial charge in [0.2, 0.25) is 0 Å². The zero-order valence-corrected chi connectivity index (χ0v) is 10.2. The minimum absolute atomic E-state index is 0.0931. The summed E-state index contributed by atoms with van der Waals surface area (Å²) in [6.07, 6.45) is 0. The number of hydrogen-bond donors (Lipinski definition) is 2. The Kier molecular flexibility index (Phi) is 2.47. The third-order valence-corrected chi connectivity index (χ3v) is 3.31. The third-order valence-electron chi connectivity index (χ3n) is 3.31. The second-order valence-electron chi connectivity index (χ2n) is 4.45. The summed E-state index contributed by atoms with van der Waals surface area (Å²) in [6.45, 7) is -0.449. The molecule has 0 aromatic heterocycles. The van der Waals surface area contributed by atoms with Crippen LogP contribution in [-0.4, -0.2) is 34.6 Å². The average molecular weight is 271 g/mol. The maximum absolute atomic E-state index is 12.2. The fraction of sp³-hybridized carbons (Fsp3) is 0.0714. The van der Waals surface area contributed by atoms with Gasteiger partial charge in [-0.15, -0.1) is 0 Å². The number of nitrogens with zero attached hydrogens (tertiary/aromatic N) is 1. The van der Waals surface area contributed by atoms with E-state index in [9.17, 15) is 14.4 Å². The number of rotatable bonds is 3. The molecule has 0 bridgehead atoms. The van der Waals surface area contributed by atoms with Gasteiger partial charge in [0, 0.05) is 10.9 Å². The van der Waals surface area contributed by atoms with Crippen molar-refractivity contribution in [3.63, 3.8) is 0 Å². The molecule has 0 saturated carbocycles. The standard InChI is InChI=1S/C14H9NO5/c16-11(17)6-15-10-5-4-8(14(19)20)7-2-1-3-9(12(7)10)13(15)18/h1-5H,6H2,(H,16,17)(H,19,20). The zero-order chi connectivity index (χ0) is 14.4. The summed E-state index contributed by atoms with van der Waals surface area (Å²) in [4.78, 5) is 35.4. The molecule has 2 N–H and O–H groups in total. The maximum atomic E-state index is 12.2. The molecule has 20 heavy (non-hydrogen) atoms. The average Bonchev–Trinajstić information content (AvgIpc) is 2.66. The SMILES string of the molecule is O=C(O)CN1C(=O)c2cccc3c(C(=O)O)ccc1c23. The Bertz CT molecular complexity index is 780. The highest BCUT2D eigenvalue weighted by molar-refractivity contribution is 6.27. The first-order valence-corrected chi connectivity index (χ1v) is 5.83. The number of aromatic carboxylic acids is 1. The van der Waals surface area contributed by atoms with Crippen molar-refractivity contribution >= 4 is 34.3 Å². The number of carboxylic acid groups (broad SMARTS) is 2. The molecular weight excluding hydrogens is 262 g/mol. The van der Waals surface area contributed by atoms with Crippen molar-refractivity contribution in [2.45, 2.75) is 0 Å². The zero-order valence-electron chi connectivity index (χ0n) is 10.2. The molecule has 2 aromatic carbocycles. The second kappa shape index (κ2) is 4.06. The van der Waals surface area contributed by atoms with Crippen LogP contribution in [0.3, 0.4) is 0 Å². The van der Waals surface area contributed by atoms with Gasteiger partial charge in [-0.1, -0.05) is 12.1 Å². The fourth-order valence-electron chi connectivity index (χ4n) is 2.52. The van der Waals surface area contributed by atoms with E-state index in [0.717, 1.165) is 4.90 Å². The molecule has 6 heteroatoms. The van der Waals surface area contributed by atoms with Gasteiger partial charge < -0.3 is 10.2 Å². The highest BCUT2D eigenvalue weighted by atomic mass is 16.4. The van der Waals surface area contributed by atoms with Crippen molar-refractivity contribution in [3.8, 4) is 0 Å². The van der Waals surface area contributed by atoms with E-state index in [-0.39, 0.29) is 5.56 Å². The Labute approximate surface area is 112 Å². The van der Waals surface area contributed by atoms with Gasteiger partial charge in [0.15, 0.2) is 0 Å². The van der Waals surface area contributed by atoms with E-state index in [4.69, 9.17) is 10.2 Å². The molecule has 2 aromatic rings. The molecule has 0 spiro atoms. The molecule has 0 fully saturated rings. The largest absolute Gasteiger partial charge is 0.480 e. The molecule has 0 saturated heterocycles. The highest BCUT2D eigenvalue weighted by Crippen LogP contribution is 2.38. The maximum Gasteiger partial charge on any atom is 0.336 e. The molecule has 0 radical (unpaired) electrons. The Hall–Kier alpha value is -2.89. The predicted molar refractivity (Wildman–Crippen MR) is 70.2 cm³/mol. The van der Waals surface area contributed by atoms with Crippen LogP contribution in [0.25, 0.3) is 10.8 Å². The second-order valence-corrected chi connectivity index (χ2v) is 4.45. The van der Waals surface area contributed by atoms with Crippen LogP contribution >= 0.6 is 0 Å². The van der Waals surface area contributed by atoms with Crippen LogP contribution in [-0.2, 0) is 4.79 Å². The fourth-order valence-corrected chi connectivity index (χ4v) is 2.52. The van der Waals surface area contributed by atoms with Crippen LogP contribution in [0.2, 0.25) is 0 Å². The van der Waals surface area contributed by atoms with Gasteiger partial charge >= 0.3 is 11.9 Å². The van der Waals surface area contributed by atoms with Gasteiger partial charge in [0.05, 0.1) is 11.3 Å². The highest BCUT2D eigenvalue weighted by Gasteiger charge is 2.32. The molecule has 100 valence electrons. The first-order chi connectivity index (χ1) is 9.50. The Morgan fingerprint density at radius 2 is 1.85 bits per heavy atom. The number of amides is 1. The number of carboxylic acids is 2. The first-order valence-electron chi connectivity index (χ1n) is 5.83. The molecule has 1 aliphatic rings. The van der Waals surface area contributed by atoms with Gasteiger partial charge in [-0.3, -0.25) is 14.5 Å². The van der Waals surface area contributed by atoms with Crippen LogP contribution in [0, 0.1) is 0 Å². The molecule has 1 heterocycles. The predicted octanol–water partition coefficient (Wildman–Crippen LogP) is 1.58. The Morgan fingerprint density at radius 3 is 2.50 bits per heavy atom. The lowest BCUT2D eigenvalue weighted by Crippen LogP contribution is -2.32. The van der Waals surface area contributed by atoms with Crippen LogP contribution in [0.5, 0.6) is 0 Å². The molecule has 0 atom stereocenters. The monoisotopic (exact) mass is 271 g/mol. The van der Waals surface area contributed by atoms with Gasteiger partial charge in [0.1, 0.15) is 6.54 Å². The van der Waals surface area contributed by atoms with Gasteiger partial charge in [-0.2, -0.15) is 0 Å². The van der Waals surface area contributed by atoms with E-state index in [1.165, 1.54) is 12.1 Å². The topological polar surface area (TPSA) is 94.9 Å². The van der Waals surface area contributed by atoms with Crippen molar-refractivity contribution in [2.75, 3.05) is 11.4 Å². The van der Waals surface area contributed by atoms with Gasteiger partial charge in [0.25, 0.3) is 5.91 Å². The number of hydrogen-bond acceptors (Lipinski definition) is 3. The summed E-state index contributed by atoms with van der Waals surface area (Å²) in [5.41, 5.74) is 0.866. The molecule has 1 amide bonds. The summed E-state index contributed by atoms with van der Waals surface area (Å²) in [5.74, 6) is -2.63. The smallest absolute Gasteiger partial charge is 0.336 e. The van der Waals surface area contributed by atoms with Crippen LogP contribution < -0.4 is 4.90 Å². The molecule has 3 rings (SSSR count). The molecular formula is C14H9NO5. The summed E-state index contributed by atoms with van der Waals surface area (Å²) < 4.78 is 0. The minimum atomic E-state index is -1.12. The van der Waals surface area contributed by atoms with Crippen molar-refractivity contribution in [3.05, 3.63) is 41.5 Å². The van der Waals surface area contributed by atoms with Crippen LogP contribution in [0.1, 0.15) is 20.7 Å². The summed E-state index contributed by atoms with van der Waals surface area (Å²) >= 11 is 0. The van der Waals surface area contributed by atoms with Crippen molar-refractivity contribution < 1.29 is 24.6 Å². The summed E-state index contributed by atoms with van der Waals surface area (Å²) in [6, 6.07) is 7.64. The quantitative estimate of drug-likeness (QED) is 0.883. The molecule has 1 aliphatic heterocycles. The lowest BCUT2D eigenvalue weighted by atomic mass is 10.0. The number of benzene rings is 2. The first kappa shape index (κ1) is 12.2. The van der Waals surface area contributed by atoms with E-state index in [0.29, 0.717) is 22.0 Å². The number of anilines is 1. The Morgan fingerprint density at radius 1 is 1.10 bits per heavy atom. The normalized spacial score (nSPS) is 13.0. The third kappa shape index (κ3) is 1.55. The molecule has 6 nitrogen and oxygen atoms in total. The number of carbonyl (C=O) groups excluding carboxylic acids is 1. The van der Waals surface area contributed by atoms with Crippen molar-refractivity contribution in [1.82, 2.24) is 0 Å². The van der Waals surface area contributed by atoms with Crippen LogP contribution in [0.15, 0.2) is 30.3 Å². The number of carbonyl (C=O) groups is 3. The van der Waals surface area contributed by atoms with Crippen molar-refractivity contribution in [2.24, 2.45) is 0 Å². The Balaban J connectivity index is 2.31. The van der Waals surface area contributed by atoms with E-state index >= 15 is 0 Å².